The molecule has 0 bridgehead atoms. The van der Waals surface area contributed by atoms with Crippen molar-refractivity contribution in [1.29, 1.82) is 0 Å². The van der Waals surface area contributed by atoms with Crippen LogP contribution in [0, 0.1) is 6.92 Å². The summed E-state index contributed by atoms with van der Waals surface area (Å²) in [6, 6.07) is 12.0. The number of amides is 2. The van der Waals surface area contributed by atoms with Crippen molar-refractivity contribution in [2.75, 3.05) is 39.8 Å². The van der Waals surface area contributed by atoms with Crippen molar-refractivity contribution >= 4 is 16.8 Å². The summed E-state index contributed by atoms with van der Waals surface area (Å²) in [5, 5.41) is 15.5. The Bertz CT molecular complexity index is 1140. The number of β-amino-alcohol motifs (C(OH)–C–C–N with tert-alkyl or cyclic N) is 1. The molecule has 3 heterocycles. The number of ether oxygens (including phenoxy) is 1. The molecule has 166 valence electrons. The summed E-state index contributed by atoms with van der Waals surface area (Å²) >= 11 is 0. The van der Waals surface area contributed by atoms with Crippen molar-refractivity contribution in [3.63, 3.8) is 0 Å². The zero-order valence-electron chi connectivity index (χ0n) is 18.3. The van der Waals surface area contributed by atoms with E-state index in [9.17, 15) is 9.90 Å². The number of hydrogen-bond acceptors (Lipinski definition) is 6. The minimum atomic E-state index is -0.619. The van der Waals surface area contributed by atoms with Crippen molar-refractivity contribution in [3.8, 4) is 16.9 Å². The van der Waals surface area contributed by atoms with Crippen LogP contribution < -0.4 is 10.1 Å². The summed E-state index contributed by atoms with van der Waals surface area (Å²) in [5.74, 6) is 1.48. The van der Waals surface area contributed by atoms with E-state index in [1.807, 2.05) is 56.7 Å². The lowest BCUT2D eigenvalue weighted by Crippen LogP contribution is -2.69. The van der Waals surface area contributed by atoms with Crippen molar-refractivity contribution in [2.45, 2.75) is 18.6 Å². The molecular weight excluding hydrogens is 406 g/mol. The lowest BCUT2D eigenvalue weighted by atomic mass is 9.89. The summed E-state index contributed by atoms with van der Waals surface area (Å²) in [6.45, 7) is 4.77. The fourth-order valence-corrected chi connectivity index (χ4v) is 4.65. The number of benzene rings is 2. The number of nitrogens with one attached hydrogen (secondary N) is 1. The Morgan fingerprint density at radius 1 is 1.16 bits per heavy atom. The monoisotopic (exact) mass is 433 g/mol. The number of carbonyl (C=O) groups is 1. The van der Waals surface area contributed by atoms with Gasteiger partial charge in [0.15, 0.2) is 0 Å². The quantitative estimate of drug-likeness (QED) is 0.618. The van der Waals surface area contributed by atoms with Gasteiger partial charge < -0.3 is 20.1 Å². The van der Waals surface area contributed by atoms with Crippen LogP contribution in [0.1, 0.15) is 5.82 Å². The molecule has 0 aliphatic carbocycles. The van der Waals surface area contributed by atoms with Gasteiger partial charge in [0.1, 0.15) is 24.3 Å². The number of rotatable bonds is 6. The Kier molecular flexibility index (Phi) is 5.19. The number of aryl methyl sites for hydroxylation is 1. The minimum absolute atomic E-state index is 0.0268. The second kappa shape index (κ2) is 8.03. The van der Waals surface area contributed by atoms with Gasteiger partial charge in [0.05, 0.1) is 5.54 Å². The maximum Gasteiger partial charge on any atom is 0.317 e. The number of aliphatic hydroxyl groups is 1. The summed E-state index contributed by atoms with van der Waals surface area (Å²) < 4.78 is 6.03. The van der Waals surface area contributed by atoms with E-state index >= 15 is 0 Å². The predicted molar refractivity (Wildman–Crippen MR) is 122 cm³/mol. The number of likely N-dealkylation sites (N-methyl/N-ethyl adjacent to an activating group) is 1. The highest BCUT2D eigenvalue weighted by Gasteiger charge is 2.52. The summed E-state index contributed by atoms with van der Waals surface area (Å²) in [7, 11) is 1.83. The maximum absolute atomic E-state index is 11.7. The zero-order chi connectivity index (χ0) is 22.3. The molecule has 1 atom stereocenters. The summed E-state index contributed by atoms with van der Waals surface area (Å²) in [4.78, 5) is 24.3. The van der Waals surface area contributed by atoms with Crippen molar-refractivity contribution < 1.29 is 14.6 Å². The SMILES string of the molecule is Cc1ncc(-c2ccc(OCC(O)CN3CC4(CNC(=O)N4C)C3)c3ccccc23)cn1. The van der Waals surface area contributed by atoms with Crippen LogP contribution in [0.4, 0.5) is 4.79 Å². The number of likely N-dealkylation sites (tertiary alicyclic amines) is 1. The van der Waals surface area contributed by atoms with Gasteiger partial charge in [-0.25, -0.2) is 14.8 Å². The van der Waals surface area contributed by atoms with Crippen LogP contribution in [-0.4, -0.2) is 82.4 Å². The number of aromatic nitrogens is 2. The average Bonchev–Trinajstić information content (AvgIpc) is 3.07. The molecule has 0 radical (unpaired) electrons. The Morgan fingerprint density at radius 2 is 1.88 bits per heavy atom. The second-order valence-corrected chi connectivity index (χ2v) is 8.75. The van der Waals surface area contributed by atoms with Crippen LogP contribution >= 0.6 is 0 Å². The number of carbonyl (C=O) groups excluding carboxylic acids is 1. The smallest absolute Gasteiger partial charge is 0.317 e. The molecule has 2 amide bonds. The van der Waals surface area contributed by atoms with Crippen molar-refractivity contribution in [3.05, 3.63) is 54.6 Å². The molecule has 2 fully saturated rings. The van der Waals surface area contributed by atoms with Crippen LogP contribution in [-0.2, 0) is 0 Å². The highest BCUT2D eigenvalue weighted by atomic mass is 16.5. The summed E-state index contributed by atoms with van der Waals surface area (Å²) in [5.41, 5.74) is 1.86. The molecule has 8 nitrogen and oxygen atoms in total. The third kappa shape index (κ3) is 3.65. The first kappa shape index (κ1) is 20.7. The Morgan fingerprint density at radius 3 is 2.56 bits per heavy atom. The third-order valence-corrected chi connectivity index (χ3v) is 6.50. The van der Waals surface area contributed by atoms with E-state index in [1.165, 1.54) is 0 Å². The van der Waals surface area contributed by atoms with Gasteiger partial charge in [0.25, 0.3) is 0 Å². The molecular formula is C24H27N5O3. The third-order valence-electron chi connectivity index (χ3n) is 6.50. The molecule has 1 aromatic heterocycles. The van der Waals surface area contributed by atoms with Crippen LogP contribution in [0.3, 0.4) is 0 Å². The lowest BCUT2D eigenvalue weighted by molar-refractivity contribution is -0.0296. The van der Waals surface area contributed by atoms with Gasteiger partial charge >= 0.3 is 6.03 Å². The zero-order valence-corrected chi connectivity index (χ0v) is 18.3. The van der Waals surface area contributed by atoms with E-state index in [-0.39, 0.29) is 18.2 Å². The number of fused-ring (bicyclic) bond motifs is 1. The highest BCUT2D eigenvalue weighted by molar-refractivity contribution is 5.99. The first-order valence-electron chi connectivity index (χ1n) is 10.8. The Balaban J connectivity index is 1.25. The van der Waals surface area contributed by atoms with E-state index in [2.05, 4.69) is 26.3 Å². The fraction of sp³-hybridized carbons (Fsp3) is 0.375. The first-order valence-corrected chi connectivity index (χ1v) is 10.8. The largest absolute Gasteiger partial charge is 0.490 e. The molecule has 0 saturated carbocycles. The predicted octanol–water partition coefficient (Wildman–Crippen LogP) is 2.05. The second-order valence-electron chi connectivity index (χ2n) is 8.75. The van der Waals surface area contributed by atoms with Crippen LogP contribution in [0.25, 0.3) is 21.9 Å². The first-order chi connectivity index (χ1) is 15.4. The Hall–Kier alpha value is -3.23. The van der Waals surface area contributed by atoms with Gasteiger partial charge in [0.2, 0.25) is 0 Å². The maximum atomic E-state index is 11.7. The molecule has 2 aliphatic heterocycles. The van der Waals surface area contributed by atoms with E-state index in [0.29, 0.717) is 13.1 Å². The lowest BCUT2D eigenvalue weighted by Gasteiger charge is -2.51. The normalized spacial score (nSPS) is 18.6. The van der Waals surface area contributed by atoms with Crippen LogP contribution in [0.15, 0.2) is 48.8 Å². The van der Waals surface area contributed by atoms with Crippen LogP contribution in [0.2, 0.25) is 0 Å². The molecule has 32 heavy (non-hydrogen) atoms. The molecule has 1 unspecified atom stereocenters. The van der Waals surface area contributed by atoms with Gasteiger partial charge in [-0.3, -0.25) is 4.90 Å². The van der Waals surface area contributed by atoms with E-state index in [1.54, 1.807) is 4.90 Å². The highest BCUT2D eigenvalue weighted by Crippen LogP contribution is 2.34. The number of urea groups is 1. The van der Waals surface area contributed by atoms with Gasteiger partial charge in [0, 0.05) is 56.6 Å². The van der Waals surface area contributed by atoms with Gasteiger partial charge in [-0.05, 0) is 30.0 Å². The number of hydrogen-bond donors (Lipinski definition) is 2. The average molecular weight is 434 g/mol. The molecule has 3 aromatic rings. The van der Waals surface area contributed by atoms with E-state index in [4.69, 9.17) is 4.74 Å². The number of nitrogens with zero attached hydrogens (tertiary/aromatic N) is 4. The van der Waals surface area contributed by atoms with E-state index < -0.39 is 6.10 Å². The molecule has 2 aromatic carbocycles. The van der Waals surface area contributed by atoms with E-state index in [0.717, 1.165) is 46.6 Å². The molecule has 1 spiro atoms. The topological polar surface area (TPSA) is 90.8 Å². The van der Waals surface area contributed by atoms with Crippen molar-refractivity contribution in [1.82, 2.24) is 25.1 Å². The Labute approximate surface area is 186 Å². The molecule has 2 aliphatic rings. The van der Waals surface area contributed by atoms with Gasteiger partial charge in [-0.1, -0.05) is 24.3 Å². The molecule has 2 saturated heterocycles. The molecule has 2 N–H and O–H groups in total. The molecule has 5 rings (SSSR count). The molecule has 8 heteroatoms. The summed E-state index contributed by atoms with van der Waals surface area (Å²) in [6.07, 6.45) is 3.05. The fourth-order valence-electron chi connectivity index (χ4n) is 4.65. The number of aliphatic hydroxyl groups excluding tert-OH is 1. The van der Waals surface area contributed by atoms with Gasteiger partial charge in [-0.15, -0.1) is 0 Å². The standard InChI is InChI=1S/C24H27N5O3/c1-16-25-9-17(10-26-16)19-7-8-22(21-6-4-3-5-20(19)21)32-12-18(30)11-29-14-24(15-29)13-27-23(31)28(24)2/h3-10,18,30H,11-15H2,1-2H3,(H,27,31). The minimum Gasteiger partial charge on any atom is -0.490 e. The van der Waals surface area contributed by atoms with Gasteiger partial charge in [-0.2, -0.15) is 0 Å². The van der Waals surface area contributed by atoms with Crippen molar-refractivity contribution in [2.24, 2.45) is 0 Å². The van der Waals surface area contributed by atoms with Crippen LogP contribution in [0.5, 0.6) is 5.75 Å².